The molecule has 1 aliphatic carbocycles. The average Bonchev–Trinajstić information content (AvgIpc) is 2.94. The van der Waals surface area contributed by atoms with Gasteiger partial charge in [-0.15, -0.1) is 12.4 Å². The Morgan fingerprint density at radius 3 is 1.76 bits per heavy atom. The van der Waals surface area contributed by atoms with Gasteiger partial charge in [0.05, 0.1) is 0 Å². The molecule has 3 fully saturated rings. The zero-order chi connectivity index (χ0) is 16.6. The summed E-state index contributed by atoms with van der Waals surface area (Å²) in [7, 11) is 4.52. The topological polar surface area (TPSA) is 15.3 Å². The Balaban J connectivity index is 0.00000182. The van der Waals surface area contributed by atoms with Gasteiger partial charge in [-0.1, -0.05) is 60.7 Å². The summed E-state index contributed by atoms with van der Waals surface area (Å²) in [5, 5.41) is 3.79. The number of nitrogens with one attached hydrogen (secondary N) is 1. The van der Waals surface area contributed by atoms with Gasteiger partial charge in [-0.25, -0.2) is 0 Å². The number of hydrogen-bond donors (Lipinski definition) is 1. The molecule has 2 aromatic rings. The Hall–Kier alpha value is -1.35. The van der Waals surface area contributed by atoms with Crippen LogP contribution < -0.4 is 5.32 Å². The van der Waals surface area contributed by atoms with Crippen LogP contribution in [-0.4, -0.2) is 37.6 Å². The van der Waals surface area contributed by atoms with Crippen LogP contribution in [-0.2, 0) is 0 Å². The van der Waals surface area contributed by atoms with E-state index in [0.29, 0.717) is 17.8 Å². The molecule has 0 aromatic heterocycles. The van der Waals surface area contributed by atoms with Crippen molar-refractivity contribution in [1.29, 1.82) is 0 Å². The fraction of sp³-hybridized carbons (Fsp3) is 0.455. The first-order valence-corrected chi connectivity index (χ1v) is 9.18. The van der Waals surface area contributed by atoms with E-state index in [-0.39, 0.29) is 17.9 Å². The van der Waals surface area contributed by atoms with Gasteiger partial charge in [0.1, 0.15) is 0 Å². The van der Waals surface area contributed by atoms with Gasteiger partial charge in [0, 0.05) is 12.1 Å². The van der Waals surface area contributed by atoms with Crippen molar-refractivity contribution < 1.29 is 0 Å². The molecule has 0 spiro atoms. The fourth-order valence-electron chi connectivity index (χ4n) is 5.04. The molecule has 25 heavy (non-hydrogen) atoms. The van der Waals surface area contributed by atoms with Gasteiger partial charge < -0.3 is 10.2 Å². The highest BCUT2D eigenvalue weighted by Gasteiger charge is 2.50. The van der Waals surface area contributed by atoms with E-state index < -0.39 is 0 Å². The number of rotatable bonds is 3. The third kappa shape index (κ3) is 3.36. The molecule has 2 unspecified atom stereocenters. The van der Waals surface area contributed by atoms with Crippen LogP contribution in [0.2, 0.25) is 0 Å². The maximum atomic E-state index is 3.79. The average molecular weight is 357 g/mol. The second kappa shape index (κ2) is 7.49. The van der Waals surface area contributed by atoms with Crippen molar-refractivity contribution in [2.75, 3.05) is 27.2 Å². The molecule has 5 rings (SSSR count). The lowest BCUT2D eigenvalue weighted by molar-refractivity contribution is 0.0769. The smallest absolute Gasteiger partial charge is 0.0339 e. The normalized spacial score (nSPS) is 31.4. The van der Waals surface area contributed by atoms with Gasteiger partial charge in [0.2, 0.25) is 0 Å². The minimum Gasteiger partial charge on any atom is -0.315 e. The Labute approximate surface area is 158 Å². The predicted octanol–water partition coefficient (Wildman–Crippen LogP) is 4.29. The van der Waals surface area contributed by atoms with Crippen molar-refractivity contribution in [2.24, 2.45) is 5.92 Å². The highest BCUT2D eigenvalue weighted by atomic mass is 35.5. The molecular formula is C22H29ClN2. The molecule has 1 N–H and O–H groups in total. The molecule has 2 aromatic carbocycles. The predicted molar refractivity (Wildman–Crippen MR) is 108 cm³/mol. The monoisotopic (exact) mass is 356 g/mol. The van der Waals surface area contributed by atoms with E-state index in [0.717, 1.165) is 13.1 Å². The lowest BCUT2D eigenvalue weighted by atomic mass is 9.61. The Bertz CT molecular complexity index is 621. The molecule has 2 nitrogen and oxygen atoms in total. The van der Waals surface area contributed by atoms with Crippen molar-refractivity contribution in [3.05, 3.63) is 71.8 Å². The minimum atomic E-state index is 0. The zero-order valence-corrected chi connectivity index (χ0v) is 16.0. The summed E-state index contributed by atoms with van der Waals surface area (Å²) in [4.78, 5) is 2.48. The Morgan fingerprint density at radius 2 is 1.32 bits per heavy atom. The SMILES string of the molecule is CN(C)C12CNCC(C(c3ccccc3)C1)C(c1ccccc1)C2.Cl. The number of benzene rings is 2. The Kier molecular flexibility index (Phi) is 5.52. The second-order valence-electron chi connectivity index (χ2n) is 7.86. The summed E-state index contributed by atoms with van der Waals surface area (Å²) in [5.41, 5.74) is 3.27. The summed E-state index contributed by atoms with van der Waals surface area (Å²) in [5.74, 6) is 1.93. The standard InChI is InChI=1S/C22H28N2.ClH/c1-24(2)22-13-19(17-9-5-3-6-10-17)21(15-23-16-22)20(14-22)18-11-7-4-8-12-18;/h3-12,19-21,23H,13-16H2,1-2H3;1H. The van der Waals surface area contributed by atoms with Crippen LogP contribution in [0.1, 0.15) is 35.8 Å². The van der Waals surface area contributed by atoms with Crippen molar-refractivity contribution in [2.45, 2.75) is 30.2 Å². The molecule has 2 aliphatic heterocycles. The summed E-state index contributed by atoms with van der Waals surface area (Å²) < 4.78 is 0. The summed E-state index contributed by atoms with van der Waals surface area (Å²) >= 11 is 0. The van der Waals surface area contributed by atoms with E-state index in [1.165, 1.54) is 24.0 Å². The molecule has 2 saturated heterocycles. The molecule has 1 saturated carbocycles. The number of hydrogen-bond acceptors (Lipinski definition) is 2. The summed E-state index contributed by atoms with van der Waals surface area (Å²) in [6.45, 7) is 2.22. The quantitative estimate of drug-likeness (QED) is 0.882. The maximum absolute atomic E-state index is 3.79. The van der Waals surface area contributed by atoms with Crippen LogP contribution >= 0.6 is 12.4 Å². The van der Waals surface area contributed by atoms with E-state index in [2.05, 4.69) is 85.0 Å². The molecule has 2 heterocycles. The van der Waals surface area contributed by atoms with E-state index in [4.69, 9.17) is 0 Å². The van der Waals surface area contributed by atoms with Gasteiger partial charge >= 0.3 is 0 Å². The van der Waals surface area contributed by atoms with E-state index in [1.54, 1.807) is 0 Å². The number of nitrogens with zero attached hydrogens (tertiary/aromatic N) is 1. The second-order valence-corrected chi connectivity index (χ2v) is 7.86. The Morgan fingerprint density at radius 1 is 0.840 bits per heavy atom. The maximum Gasteiger partial charge on any atom is 0.0339 e. The number of fused-ring (bicyclic) bond motifs is 4. The van der Waals surface area contributed by atoms with Crippen LogP contribution in [0.5, 0.6) is 0 Å². The van der Waals surface area contributed by atoms with E-state index >= 15 is 0 Å². The first kappa shape index (κ1) is 18.4. The van der Waals surface area contributed by atoms with Crippen LogP contribution in [0.3, 0.4) is 0 Å². The first-order chi connectivity index (χ1) is 11.7. The molecule has 134 valence electrons. The lowest BCUT2D eigenvalue weighted by Gasteiger charge is -2.49. The van der Waals surface area contributed by atoms with Gasteiger partial charge in [-0.05, 0) is 62.4 Å². The van der Waals surface area contributed by atoms with Gasteiger partial charge in [0.15, 0.2) is 0 Å². The van der Waals surface area contributed by atoms with Crippen LogP contribution in [0.4, 0.5) is 0 Å². The van der Waals surface area contributed by atoms with Gasteiger partial charge in [-0.2, -0.15) is 0 Å². The van der Waals surface area contributed by atoms with E-state index in [1.807, 2.05) is 0 Å². The van der Waals surface area contributed by atoms with Crippen molar-refractivity contribution in [1.82, 2.24) is 10.2 Å². The van der Waals surface area contributed by atoms with Crippen molar-refractivity contribution >= 4 is 12.4 Å². The third-order valence-corrected chi connectivity index (χ3v) is 6.47. The lowest BCUT2D eigenvalue weighted by Crippen LogP contribution is -2.53. The van der Waals surface area contributed by atoms with Gasteiger partial charge in [-0.3, -0.25) is 0 Å². The highest BCUT2D eigenvalue weighted by molar-refractivity contribution is 5.85. The fourth-order valence-corrected chi connectivity index (χ4v) is 5.04. The molecule has 0 radical (unpaired) electrons. The van der Waals surface area contributed by atoms with Crippen molar-refractivity contribution in [3.63, 3.8) is 0 Å². The zero-order valence-electron chi connectivity index (χ0n) is 15.2. The number of halogens is 1. The van der Waals surface area contributed by atoms with E-state index in [9.17, 15) is 0 Å². The van der Waals surface area contributed by atoms with Crippen LogP contribution in [0.25, 0.3) is 0 Å². The minimum absolute atomic E-state index is 0. The summed E-state index contributed by atoms with van der Waals surface area (Å²) in [6, 6.07) is 22.4. The summed E-state index contributed by atoms with van der Waals surface area (Å²) in [6.07, 6.45) is 2.51. The van der Waals surface area contributed by atoms with Crippen LogP contribution in [0.15, 0.2) is 60.7 Å². The largest absolute Gasteiger partial charge is 0.315 e. The molecule has 3 aliphatic rings. The molecule has 0 amide bonds. The molecular weight excluding hydrogens is 328 g/mol. The van der Waals surface area contributed by atoms with Crippen molar-refractivity contribution in [3.8, 4) is 0 Å². The molecule has 2 bridgehead atoms. The highest BCUT2D eigenvalue weighted by Crippen LogP contribution is 2.52. The van der Waals surface area contributed by atoms with Gasteiger partial charge in [0.25, 0.3) is 0 Å². The first-order valence-electron chi connectivity index (χ1n) is 9.18. The third-order valence-electron chi connectivity index (χ3n) is 6.47. The van der Waals surface area contributed by atoms with Crippen LogP contribution in [0, 0.1) is 5.92 Å². The molecule has 2 atom stereocenters. The molecule has 3 heteroatoms. The number of likely N-dealkylation sites (N-methyl/N-ethyl adjacent to an activating group) is 1.